The van der Waals surface area contributed by atoms with Crippen molar-refractivity contribution in [1.82, 2.24) is 33.8 Å². The number of esters is 1. The van der Waals surface area contributed by atoms with Crippen molar-refractivity contribution in [2.24, 2.45) is 0 Å². The average molecular weight is 826 g/mol. The van der Waals surface area contributed by atoms with Gasteiger partial charge in [0.15, 0.2) is 11.4 Å². The number of aromatic hydroxyl groups is 3. The van der Waals surface area contributed by atoms with Crippen LogP contribution in [0.1, 0.15) is 73.4 Å². The maximum absolute atomic E-state index is 13.8. The number of rotatable bonds is 10. The van der Waals surface area contributed by atoms with Crippen LogP contribution < -0.4 is 5.56 Å². The number of pyridine rings is 2. The standard InChI is InChI=1S/C45H43N7O9/c1-5-27-29-15-24(7-9-34(29)46-39-31(27)21-51-36(39)18-33-32(41(51)55)22-61-42(56)45(33,60)6-2)20-50(44(58)59)14-13-49-12-11-25-16-26(8-10-35(25)49)52-40(47-48-43(52)57)30-17-28(23(3)4)37(53)19-38(30)54/h7-12,15-19,23,53-54,60H,5-6,13-14,20-22H2,1-4H3,(H,48,57)(H,58,59). The normalized spacial score (nSPS) is 15.6. The van der Waals surface area contributed by atoms with Crippen molar-refractivity contribution in [3.05, 3.63) is 111 Å². The predicted molar refractivity (Wildman–Crippen MR) is 224 cm³/mol. The number of hydrogen-bond acceptors (Lipinski definition) is 11. The topological polar surface area (TPSA) is 218 Å². The number of benzene rings is 3. The number of cyclic esters (lactones) is 1. The highest BCUT2D eigenvalue weighted by molar-refractivity contribution is 5.90. The number of carbonyl (C=O) groups excluding carboxylic acids is 1. The van der Waals surface area contributed by atoms with E-state index in [1.54, 1.807) is 29.7 Å². The molecule has 0 saturated heterocycles. The molecule has 1 amide bonds. The Kier molecular flexibility index (Phi) is 9.34. The van der Waals surface area contributed by atoms with Crippen molar-refractivity contribution < 1.29 is 39.9 Å². The number of phenolic OH excluding ortho intramolecular Hbond substituents is 2. The first-order valence-corrected chi connectivity index (χ1v) is 20.1. The Hall–Kier alpha value is -7.20. The summed E-state index contributed by atoms with van der Waals surface area (Å²) in [6.07, 6.45) is 1.46. The van der Waals surface area contributed by atoms with E-state index >= 15 is 0 Å². The molecule has 0 bridgehead atoms. The molecule has 1 unspecified atom stereocenters. The lowest BCUT2D eigenvalue weighted by Gasteiger charge is -2.31. The van der Waals surface area contributed by atoms with Gasteiger partial charge in [0.25, 0.3) is 5.56 Å². The van der Waals surface area contributed by atoms with Crippen molar-refractivity contribution in [3.8, 4) is 46.0 Å². The number of nitrogens with zero attached hydrogens (tertiary/aromatic N) is 7. The molecule has 7 aromatic rings. The third-order valence-corrected chi connectivity index (χ3v) is 12.1. The second-order valence-corrected chi connectivity index (χ2v) is 15.9. The molecule has 0 radical (unpaired) electrons. The molecular formula is C45H43N7O9. The minimum absolute atomic E-state index is 0.0461. The first-order chi connectivity index (χ1) is 29.2. The summed E-state index contributed by atoms with van der Waals surface area (Å²) < 4.78 is 10.2. The lowest BCUT2D eigenvalue weighted by molar-refractivity contribution is -0.172. The largest absolute Gasteiger partial charge is 0.508 e. The van der Waals surface area contributed by atoms with E-state index in [4.69, 9.17) is 9.72 Å². The molecule has 0 fully saturated rings. The van der Waals surface area contributed by atoms with Crippen LogP contribution >= 0.6 is 0 Å². The van der Waals surface area contributed by atoms with Crippen molar-refractivity contribution in [1.29, 1.82) is 0 Å². The monoisotopic (exact) mass is 825 g/mol. The van der Waals surface area contributed by atoms with Gasteiger partial charge in [-0.3, -0.25) is 4.79 Å². The molecule has 312 valence electrons. The van der Waals surface area contributed by atoms with Crippen LogP contribution in [0.15, 0.2) is 71.7 Å². The smallest absolute Gasteiger partial charge is 0.407 e. The van der Waals surface area contributed by atoms with Gasteiger partial charge in [-0.15, -0.1) is 5.10 Å². The number of aromatic nitrogens is 6. The predicted octanol–water partition coefficient (Wildman–Crippen LogP) is 6.26. The minimum Gasteiger partial charge on any atom is -0.508 e. The molecule has 16 nitrogen and oxygen atoms in total. The average Bonchev–Trinajstić information content (AvgIpc) is 3.94. The van der Waals surface area contributed by atoms with Crippen molar-refractivity contribution in [2.75, 3.05) is 6.54 Å². The summed E-state index contributed by atoms with van der Waals surface area (Å²) in [6, 6.07) is 17.2. The highest BCUT2D eigenvalue weighted by Gasteiger charge is 2.45. The van der Waals surface area contributed by atoms with Crippen molar-refractivity contribution in [3.63, 3.8) is 0 Å². The zero-order valence-corrected chi connectivity index (χ0v) is 33.9. The zero-order chi connectivity index (χ0) is 43.1. The minimum atomic E-state index is -1.92. The number of fused-ring (bicyclic) bond motifs is 6. The molecule has 16 heteroatoms. The van der Waals surface area contributed by atoms with E-state index in [1.165, 1.54) is 15.5 Å². The molecule has 2 aliphatic heterocycles. The molecule has 0 spiro atoms. The van der Waals surface area contributed by atoms with Crippen LogP contribution in [-0.2, 0) is 47.8 Å². The number of aryl methyl sites for hydroxylation is 1. The number of amides is 1. The summed E-state index contributed by atoms with van der Waals surface area (Å²) in [7, 11) is 0. The number of ether oxygens (including phenoxy) is 1. The molecule has 9 rings (SSSR count). The first-order valence-electron chi connectivity index (χ1n) is 20.1. The van der Waals surface area contributed by atoms with Crippen LogP contribution in [0.2, 0.25) is 0 Å². The maximum Gasteiger partial charge on any atom is 0.407 e. The Morgan fingerprint density at radius 1 is 0.967 bits per heavy atom. The SMILES string of the molecule is CCc1c2c(nc3ccc(CN(CCn4ccc5cc(-n6c(O)nnc6-c6cc(C(C)C)c(O)cc6O)ccc54)C(=O)O)cc13)-c1cc3c(c(=O)n1C2)COC(=O)C3(O)CC. The number of aliphatic hydroxyl groups is 1. The van der Waals surface area contributed by atoms with Crippen LogP contribution in [0.4, 0.5) is 4.79 Å². The number of carboxylic acid groups (broad SMARTS) is 1. The zero-order valence-electron chi connectivity index (χ0n) is 33.9. The van der Waals surface area contributed by atoms with Gasteiger partial charge < -0.3 is 44.3 Å². The van der Waals surface area contributed by atoms with E-state index in [9.17, 15) is 39.9 Å². The summed E-state index contributed by atoms with van der Waals surface area (Å²) in [5.74, 6) is -0.900. The Bertz CT molecular complexity index is 3040. The van der Waals surface area contributed by atoms with Crippen LogP contribution in [0.25, 0.3) is 50.3 Å². The summed E-state index contributed by atoms with van der Waals surface area (Å²) in [6.45, 7) is 8.20. The molecule has 5 N–H and O–H groups in total. The van der Waals surface area contributed by atoms with Gasteiger partial charge in [-0.05, 0) is 84.0 Å². The molecule has 1 atom stereocenters. The molecule has 3 aromatic carbocycles. The Morgan fingerprint density at radius 2 is 1.77 bits per heavy atom. The Balaban J connectivity index is 0.971. The third-order valence-electron chi connectivity index (χ3n) is 12.1. The summed E-state index contributed by atoms with van der Waals surface area (Å²) in [5, 5.41) is 63.1. The Morgan fingerprint density at radius 3 is 2.51 bits per heavy atom. The molecular weight excluding hydrogens is 783 g/mol. The number of hydrogen-bond donors (Lipinski definition) is 5. The highest BCUT2D eigenvalue weighted by atomic mass is 16.6. The van der Waals surface area contributed by atoms with Crippen molar-refractivity contribution >= 4 is 33.9 Å². The van der Waals surface area contributed by atoms with Crippen LogP contribution in [0.3, 0.4) is 0 Å². The van der Waals surface area contributed by atoms with Gasteiger partial charge in [-0.2, -0.15) is 0 Å². The molecule has 0 aliphatic carbocycles. The van der Waals surface area contributed by atoms with E-state index in [2.05, 4.69) is 10.2 Å². The lowest BCUT2D eigenvalue weighted by Crippen LogP contribution is -2.44. The molecule has 2 aliphatic rings. The second-order valence-electron chi connectivity index (χ2n) is 15.9. The molecule has 0 saturated carbocycles. The fourth-order valence-electron chi connectivity index (χ4n) is 8.85. The van der Waals surface area contributed by atoms with E-state index in [0.29, 0.717) is 46.7 Å². The highest BCUT2D eigenvalue weighted by Crippen LogP contribution is 2.42. The van der Waals surface area contributed by atoms with Gasteiger partial charge in [-0.1, -0.05) is 38.9 Å². The van der Waals surface area contributed by atoms with Crippen molar-refractivity contribution in [2.45, 2.75) is 78.3 Å². The van der Waals surface area contributed by atoms with Crippen LogP contribution in [0, 0.1) is 0 Å². The van der Waals surface area contributed by atoms with E-state index in [-0.39, 0.29) is 78.6 Å². The fraction of sp³-hybridized carbons (Fsp3) is 0.289. The molecule has 6 heterocycles. The van der Waals surface area contributed by atoms with E-state index in [0.717, 1.165) is 33.0 Å². The van der Waals surface area contributed by atoms with Gasteiger partial charge >= 0.3 is 18.1 Å². The van der Waals surface area contributed by atoms with E-state index < -0.39 is 17.7 Å². The molecule has 61 heavy (non-hydrogen) atoms. The third kappa shape index (κ3) is 6.24. The maximum atomic E-state index is 13.8. The number of phenols is 2. The van der Waals surface area contributed by atoms with Gasteiger partial charge in [0.2, 0.25) is 0 Å². The van der Waals surface area contributed by atoms with E-state index in [1.807, 2.05) is 67.9 Å². The summed E-state index contributed by atoms with van der Waals surface area (Å²) in [4.78, 5) is 45.3. The second kappa shape index (κ2) is 14.5. The quantitative estimate of drug-likeness (QED) is 0.0965. The van der Waals surface area contributed by atoms with Gasteiger partial charge in [0.05, 0.1) is 40.3 Å². The Labute approximate surface area is 348 Å². The van der Waals surface area contributed by atoms with Crippen LogP contribution in [0.5, 0.6) is 17.5 Å². The fourth-order valence-corrected chi connectivity index (χ4v) is 8.85. The number of carbonyl (C=O) groups is 2. The summed E-state index contributed by atoms with van der Waals surface area (Å²) in [5.41, 5.74) is 4.94. The van der Waals surface area contributed by atoms with Gasteiger partial charge in [0.1, 0.15) is 18.1 Å². The van der Waals surface area contributed by atoms with Crippen LogP contribution in [-0.4, -0.2) is 77.9 Å². The van der Waals surface area contributed by atoms with Gasteiger partial charge in [0, 0.05) is 59.3 Å². The first kappa shape index (κ1) is 39.3. The summed E-state index contributed by atoms with van der Waals surface area (Å²) >= 11 is 0. The lowest BCUT2D eigenvalue weighted by atomic mass is 9.86. The van der Waals surface area contributed by atoms with Gasteiger partial charge in [-0.25, -0.2) is 19.1 Å². The molecule has 4 aromatic heterocycles.